The molecule has 6 heteroatoms. The number of nitrogens with zero attached hydrogens (tertiary/aromatic N) is 4. The number of thiol groups is 1. The van der Waals surface area contributed by atoms with Crippen molar-refractivity contribution < 1.29 is 0 Å². The molecule has 1 atom stereocenters. The zero-order chi connectivity index (χ0) is 10.8. The summed E-state index contributed by atoms with van der Waals surface area (Å²) in [5, 5.41) is 4.17. The van der Waals surface area contributed by atoms with Gasteiger partial charge in [-0.1, -0.05) is 6.92 Å². The van der Waals surface area contributed by atoms with Crippen LogP contribution in [0.3, 0.4) is 0 Å². The van der Waals surface area contributed by atoms with Gasteiger partial charge in [-0.25, -0.2) is 13.9 Å². The Bertz CT molecular complexity index is 518. The van der Waals surface area contributed by atoms with E-state index in [-0.39, 0.29) is 5.69 Å². The van der Waals surface area contributed by atoms with Gasteiger partial charge >= 0.3 is 5.69 Å². The molecule has 0 saturated heterocycles. The first-order valence-electron chi connectivity index (χ1n) is 4.72. The highest BCUT2D eigenvalue weighted by Gasteiger charge is 2.08. The molecule has 2 aromatic heterocycles. The van der Waals surface area contributed by atoms with Crippen molar-refractivity contribution in [2.75, 3.05) is 5.75 Å². The Morgan fingerprint density at radius 2 is 2.40 bits per heavy atom. The van der Waals surface area contributed by atoms with Crippen molar-refractivity contribution in [3.05, 3.63) is 29.1 Å². The molecule has 0 aromatic carbocycles. The highest BCUT2D eigenvalue weighted by Crippen LogP contribution is 2.00. The maximum absolute atomic E-state index is 11.8. The van der Waals surface area contributed by atoms with Gasteiger partial charge in [0.05, 0.1) is 6.20 Å². The number of hydrogen-bond acceptors (Lipinski definition) is 4. The third kappa shape index (κ3) is 1.90. The third-order valence-corrected chi connectivity index (χ3v) is 2.81. The highest BCUT2D eigenvalue weighted by molar-refractivity contribution is 7.80. The van der Waals surface area contributed by atoms with E-state index in [4.69, 9.17) is 0 Å². The van der Waals surface area contributed by atoms with Crippen LogP contribution in [0.4, 0.5) is 0 Å². The molecule has 15 heavy (non-hydrogen) atoms. The van der Waals surface area contributed by atoms with E-state index >= 15 is 0 Å². The van der Waals surface area contributed by atoms with Crippen LogP contribution in [-0.2, 0) is 6.54 Å². The molecule has 5 nitrogen and oxygen atoms in total. The Kier molecular flexibility index (Phi) is 2.77. The van der Waals surface area contributed by atoms with Crippen molar-refractivity contribution >= 4 is 18.3 Å². The van der Waals surface area contributed by atoms with Crippen LogP contribution in [-0.4, -0.2) is 24.9 Å². The lowest BCUT2D eigenvalue weighted by Gasteiger charge is -2.05. The zero-order valence-corrected chi connectivity index (χ0v) is 9.26. The molecular formula is C9H12N4OS. The molecule has 1 unspecified atom stereocenters. The van der Waals surface area contributed by atoms with Crippen molar-refractivity contribution in [3.63, 3.8) is 0 Å². The SMILES string of the molecule is CC(CS)Cn1nc2cnccn2c1=O. The first-order chi connectivity index (χ1) is 7.22. The van der Waals surface area contributed by atoms with Gasteiger partial charge in [0.15, 0.2) is 5.65 Å². The predicted molar refractivity (Wildman–Crippen MR) is 60.3 cm³/mol. The highest BCUT2D eigenvalue weighted by atomic mass is 32.1. The standard InChI is InChI=1S/C9H12N4OS/c1-7(6-15)5-13-9(14)12-3-2-10-4-8(12)11-13/h2-4,7,15H,5-6H2,1H3. The first kappa shape index (κ1) is 10.2. The lowest BCUT2D eigenvalue weighted by atomic mass is 10.2. The Morgan fingerprint density at radius 1 is 1.60 bits per heavy atom. The van der Waals surface area contributed by atoms with Crippen LogP contribution in [0.1, 0.15) is 6.92 Å². The van der Waals surface area contributed by atoms with E-state index in [0.717, 1.165) is 5.75 Å². The van der Waals surface area contributed by atoms with Crippen molar-refractivity contribution in [1.82, 2.24) is 19.2 Å². The Balaban J connectivity index is 2.45. The number of hydrogen-bond donors (Lipinski definition) is 1. The summed E-state index contributed by atoms with van der Waals surface area (Å²) < 4.78 is 2.94. The number of fused-ring (bicyclic) bond motifs is 1. The fourth-order valence-electron chi connectivity index (χ4n) is 1.35. The molecule has 0 aliphatic heterocycles. The minimum absolute atomic E-state index is 0.124. The average molecular weight is 224 g/mol. The minimum Gasteiger partial charge on any atom is -0.259 e. The van der Waals surface area contributed by atoms with Crippen LogP contribution in [0.5, 0.6) is 0 Å². The van der Waals surface area contributed by atoms with E-state index in [2.05, 4.69) is 22.7 Å². The van der Waals surface area contributed by atoms with Crippen LogP contribution in [0.2, 0.25) is 0 Å². The summed E-state index contributed by atoms with van der Waals surface area (Å²) >= 11 is 4.18. The van der Waals surface area contributed by atoms with Crippen molar-refractivity contribution in [1.29, 1.82) is 0 Å². The van der Waals surface area contributed by atoms with Crippen LogP contribution >= 0.6 is 12.6 Å². The second kappa shape index (κ2) is 4.06. The maximum atomic E-state index is 11.8. The van der Waals surface area contributed by atoms with Gasteiger partial charge in [-0.15, -0.1) is 5.10 Å². The van der Waals surface area contributed by atoms with Crippen molar-refractivity contribution in [3.8, 4) is 0 Å². The van der Waals surface area contributed by atoms with Crippen molar-refractivity contribution in [2.45, 2.75) is 13.5 Å². The monoisotopic (exact) mass is 224 g/mol. The van der Waals surface area contributed by atoms with Gasteiger partial charge in [0.25, 0.3) is 0 Å². The van der Waals surface area contributed by atoms with E-state index in [1.54, 1.807) is 18.6 Å². The fourth-order valence-corrected chi connectivity index (χ4v) is 1.47. The summed E-state index contributed by atoms with van der Waals surface area (Å²) in [6.45, 7) is 2.62. The molecule has 0 aliphatic carbocycles. The van der Waals surface area contributed by atoms with E-state index in [9.17, 15) is 4.79 Å². The molecule has 0 N–H and O–H groups in total. The third-order valence-electron chi connectivity index (χ3n) is 2.18. The molecule has 2 aromatic rings. The largest absolute Gasteiger partial charge is 0.350 e. The maximum Gasteiger partial charge on any atom is 0.350 e. The summed E-state index contributed by atoms with van der Waals surface area (Å²) in [4.78, 5) is 15.7. The minimum atomic E-state index is -0.124. The van der Waals surface area contributed by atoms with Gasteiger partial charge in [-0.3, -0.25) is 4.98 Å². The predicted octanol–water partition coefficient (Wildman–Crippen LogP) is 0.457. The Labute approximate surface area is 92.2 Å². The quantitative estimate of drug-likeness (QED) is 0.770. The van der Waals surface area contributed by atoms with Gasteiger partial charge in [-0.2, -0.15) is 12.6 Å². The van der Waals surface area contributed by atoms with E-state index in [0.29, 0.717) is 18.1 Å². The van der Waals surface area contributed by atoms with E-state index < -0.39 is 0 Å². The average Bonchev–Trinajstić information content (AvgIpc) is 2.57. The summed E-state index contributed by atoms with van der Waals surface area (Å²) in [6, 6.07) is 0. The molecule has 0 radical (unpaired) electrons. The van der Waals surface area contributed by atoms with Crippen LogP contribution in [0.25, 0.3) is 5.65 Å². The fraction of sp³-hybridized carbons (Fsp3) is 0.444. The molecular weight excluding hydrogens is 212 g/mol. The first-order valence-corrected chi connectivity index (χ1v) is 5.35. The van der Waals surface area contributed by atoms with Crippen LogP contribution < -0.4 is 5.69 Å². The molecule has 0 saturated carbocycles. The smallest absolute Gasteiger partial charge is 0.259 e. The molecule has 0 bridgehead atoms. The summed E-state index contributed by atoms with van der Waals surface area (Å²) in [5.74, 6) is 1.06. The Hall–Kier alpha value is -1.30. The molecule has 0 spiro atoms. The zero-order valence-electron chi connectivity index (χ0n) is 8.37. The van der Waals surface area contributed by atoms with Gasteiger partial charge in [0.1, 0.15) is 0 Å². The lowest BCUT2D eigenvalue weighted by molar-refractivity contribution is 0.478. The second-order valence-corrected chi connectivity index (χ2v) is 3.92. The van der Waals surface area contributed by atoms with Crippen LogP contribution in [0.15, 0.2) is 23.4 Å². The topological polar surface area (TPSA) is 52.2 Å². The second-order valence-electron chi connectivity index (χ2n) is 3.56. The molecule has 2 rings (SSSR count). The molecule has 80 valence electrons. The number of aromatic nitrogens is 4. The van der Waals surface area contributed by atoms with Gasteiger partial charge < -0.3 is 0 Å². The Morgan fingerprint density at radius 3 is 3.07 bits per heavy atom. The van der Waals surface area contributed by atoms with Crippen molar-refractivity contribution in [2.24, 2.45) is 5.92 Å². The number of rotatable bonds is 3. The molecule has 0 fully saturated rings. The van der Waals surface area contributed by atoms with Gasteiger partial charge in [-0.05, 0) is 11.7 Å². The molecule has 0 amide bonds. The summed E-state index contributed by atoms with van der Waals surface area (Å²) in [7, 11) is 0. The lowest BCUT2D eigenvalue weighted by Crippen LogP contribution is -2.24. The van der Waals surface area contributed by atoms with Crippen LogP contribution in [0, 0.1) is 5.92 Å². The molecule has 0 aliphatic rings. The van der Waals surface area contributed by atoms with Gasteiger partial charge in [0, 0.05) is 18.9 Å². The molecule has 2 heterocycles. The normalized spacial score (nSPS) is 13.2. The van der Waals surface area contributed by atoms with E-state index in [1.165, 1.54) is 9.08 Å². The summed E-state index contributed by atoms with van der Waals surface area (Å²) in [6.07, 6.45) is 4.76. The van der Waals surface area contributed by atoms with Gasteiger partial charge in [0.2, 0.25) is 0 Å². The van der Waals surface area contributed by atoms with E-state index in [1.807, 2.05) is 6.92 Å². The summed E-state index contributed by atoms with van der Waals surface area (Å²) in [5.41, 5.74) is 0.454.